The third-order valence-electron chi connectivity index (χ3n) is 4.44. The summed E-state index contributed by atoms with van der Waals surface area (Å²) >= 11 is 5.80. The fraction of sp³-hybridized carbons (Fsp3) is 0.300. The number of hydrogen-bond donors (Lipinski definition) is 0. The Hall–Kier alpha value is -2.60. The van der Waals surface area contributed by atoms with Crippen LogP contribution in [0.3, 0.4) is 0 Å². The minimum atomic E-state index is -0.462. The van der Waals surface area contributed by atoms with E-state index in [4.69, 9.17) is 16.3 Å². The second-order valence-electron chi connectivity index (χ2n) is 6.28. The van der Waals surface area contributed by atoms with E-state index in [9.17, 15) is 14.0 Å². The Morgan fingerprint density at radius 2 is 1.67 bits per heavy atom. The molecule has 0 radical (unpaired) electrons. The van der Waals surface area contributed by atoms with Gasteiger partial charge in [-0.3, -0.25) is 9.59 Å². The molecule has 2 aromatic rings. The largest absolute Gasteiger partial charge is 0.455 e. The molecule has 142 valence electrons. The number of halogens is 2. The van der Waals surface area contributed by atoms with Crippen molar-refractivity contribution in [1.82, 2.24) is 4.90 Å². The molecule has 1 aliphatic heterocycles. The van der Waals surface area contributed by atoms with Gasteiger partial charge >= 0.3 is 5.97 Å². The Labute approximate surface area is 162 Å². The first-order valence-electron chi connectivity index (χ1n) is 8.70. The Morgan fingerprint density at radius 1 is 1.00 bits per heavy atom. The summed E-state index contributed by atoms with van der Waals surface area (Å²) in [5.74, 6) is -0.975. The van der Waals surface area contributed by atoms with Crippen molar-refractivity contribution in [2.45, 2.75) is 6.42 Å². The first-order chi connectivity index (χ1) is 13.0. The highest BCUT2D eigenvalue weighted by molar-refractivity contribution is 6.30. The molecule has 0 unspecified atom stereocenters. The quantitative estimate of drug-likeness (QED) is 0.737. The topological polar surface area (TPSA) is 49.9 Å². The highest BCUT2D eigenvalue weighted by Crippen LogP contribution is 2.20. The van der Waals surface area contributed by atoms with Gasteiger partial charge < -0.3 is 14.5 Å². The summed E-state index contributed by atoms with van der Waals surface area (Å²) in [5.41, 5.74) is 1.31. The summed E-state index contributed by atoms with van der Waals surface area (Å²) in [6, 6.07) is 13.5. The van der Waals surface area contributed by atoms with E-state index in [1.165, 1.54) is 6.07 Å². The van der Waals surface area contributed by atoms with Crippen LogP contribution in [0.25, 0.3) is 0 Å². The highest BCUT2D eigenvalue weighted by Gasteiger charge is 2.23. The number of benzene rings is 2. The Morgan fingerprint density at radius 3 is 2.33 bits per heavy atom. The standard InChI is InChI=1S/C20H20ClFN2O3/c21-16-7-5-15(6-8-16)13-20(26)27-14-19(25)24-11-9-23(10-12-24)18-4-2-1-3-17(18)22/h1-8H,9-14H2. The smallest absolute Gasteiger partial charge is 0.310 e. The fourth-order valence-electron chi connectivity index (χ4n) is 2.96. The lowest BCUT2D eigenvalue weighted by Gasteiger charge is -2.36. The molecule has 1 saturated heterocycles. The minimum Gasteiger partial charge on any atom is -0.455 e. The van der Waals surface area contributed by atoms with E-state index in [1.54, 1.807) is 47.4 Å². The van der Waals surface area contributed by atoms with Gasteiger partial charge in [-0.1, -0.05) is 35.9 Å². The van der Waals surface area contributed by atoms with E-state index in [0.29, 0.717) is 36.9 Å². The molecular weight excluding hydrogens is 371 g/mol. The van der Waals surface area contributed by atoms with E-state index in [2.05, 4.69) is 0 Å². The van der Waals surface area contributed by atoms with Gasteiger partial charge in [0.15, 0.2) is 6.61 Å². The summed E-state index contributed by atoms with van der Waals surface area (Å²) in [6.45, 7) is 1.70. The van der Waals surface area contributed by atoms with Crippen LogP contribution in [0.1, 0.15) is 5.56 Å². The van der Waals surface area contributed by atoms with Crippen LogP contribution in [0.5, 0.6) is 0 Å². The van der Waals surface area contributed by atoms with Crippen molar-refractivity contribution >= 4 is 29.2 Å². The number of nitrogens with zero attached hydrogens (tertiary/aromatic N) is 2. The molecule has 1 aliphatic rings. The molecule has 0 bridgehead atoms. The van der Waals surface area contributed by atoms with Crippen molar-refractivity contribution in [1.29, 1.82) is 0 Å². The monoisotopic (exact) mass is 390 g/mol. The maximum absolute atomic E-state index is 13.9. The van der Waals surface area contributed by atoms with Crippen LogP contribution in [0.2, 0.25) is 5.02 Å². The third-order valence-corrected chi connectivity index (χ3v) is 4.70. The lowest BCUT2D eigenvalue weighted by molar-refractivity contribution is -0.151. The molecule has 0 aliphatic carbocycles. The number of hydrogen-bond acceptors (Lipinski definition) is 4. The summed E-state index contributed by atoms with van der Waals surface area (Å²) in [6.07, 6.45) is 0.0888. The van der Waals surface area contributed by atoms with Crippen molar-refractivity contribution in [2.75, 3.05) is 37.7 Å². The molecular formula is C20H20ClFN2O3. The molecule has 7 heteroatoms. The Bertz CT molecular complexity index is 805. The second kappa shape index (κ2) is 8.86. The van der Waals surface area contributed by atoms with Gasteiger partial charge in [0.2, 0.25) is 0 Å². The number of carbonyl (C=O) groups excluding carboxylic acids is 2. The van der Waals surface area contributed by atoms with Gasteiger partial charge in [0, 0.05) is 31.2 Å². The van der Waals surface area contributed by atoms with E-state index in [-0.39, 0.29) is 24.8 Å². The average Bonchev–Trinajstić information content (AvgIpc) is 2.68. The first kappa shape index (κ1) is 19.2. The van der Waals surface area contributed by atoms with Crippen molar-refractivity contribution in [3.05, 3.63) is 64.9 Å². The average molecular weight is 391 g/mol. The van der Waals surface area contributed by atoms with Crippen molar-refractivity contribution in [2.24, 2.45) is 0 Å². The van der Waals surface area contributed by atoms with Crippen LogP contribution in [0.15, 0.2) is 48.5 Å². The van der Waals surface area contributed by atoms with E-state index in [1.807, 2.05) is 4.90 Å². The van der Waals surface area contributed by atoms with Gasteiger partial charge in [0.25, 0.3) is 5.91 Å². The van der Waals surface area contributed by atoms with Crippen LogP contribution >= 0.6 is 11.6 Å². The summed E-state index contributed by atoms with van der Waals surface area (Å²) in [4.78, 5) is 27.7. The zero-order chi connectivity index (χ0) is 19.2. The van der Waals surface area contributed by atoms with E-state index in [0.717, 1.165) is 5.56 Å². The number of carbonyl (C=O) groups is 2. The van der Waals surface area contributed by atoms with Crippen molar-refractivity contribution in [3.8, 4) is 0 Å². The van der Waals surface area contributed by atoms with Crippen LogP contribution < -0.4 is 4.90 Å². The highest BCUT2D eigenvalue weighted by atomic mass is 35.5. The first-order valence-corrected chi connectivity index (χ1v) is 9.08. The van der Waals surface area contributed by atoms with Gasteiger partial charge in [-0.25, -0.2) is 4.39 Å². The predicted molar refractivity (Wildman–Crippen MR) is 101 cm³/mol. The molecule has 0 aromatic heterocycles. The van der Waals surface area contributed by atoms with Gasteiger partial charge in [-0.15, -0.1) is 0 Å². The summed E-state index contributed by atoms with van der Waals surface area (Å²) < 4.78 is 18.9. The van der Waals surface area contributed by atoms with Gasteiger partial charge in [-0.05, 0) is 29.8 Å². The molecule has 0 spiro atoms. The number of anilines is 1. The lowest BCUT2D eigenvalue weighted by Crippen LogP contribution is -2.50. The Kier molecular flexibility index (Phi) is 6.29. The molecule has 1 heterocycles. The molecule has 1 amide bonds. The number of piperazine rings is 1. The third kappa shape index (κ3) is 5.20. The van der Waals surface area contributed by atoms with Crippen molar-refractivity contribution < 1.29 is 18.7 Å². The summed E-state index contributed by atoms with van der Waals surface area (Å²) in [5, 5.41) is 0.594. The predicted octanol–water partition coefficient (Wildman–Crippen LogP) is 2.91. The number of ether oxygens (including phenoxy) is 1. The van der Waals surface area contributed by atoms with E-state index >= 15 is 0 Å². The maximum Gasteiger partial charge on any atom is 0.310 e. The van der Waals surface area contributed by atoms with Gasteiger partial charge in [-0.2, -0.15) is 0 Å². The molecule has 0 saturated carbocycles. The molecule has 1 fully saturated rings. The second-order valence-corrected chi connectivity index (χ2v) is 6.72. The van der Waals surface area contributed by atoms with Crippen molar-refractivity contribution in [3.63, 3.8) is 0 Å². The number of rotatable bonds is 5. The molecule has 2 aromatic carbocycles. The fourth-order valence-corrected chi connectivity index (χ4v) is 3.08. The maximum atomic E-state index is 13.9. The molecule has 3 rings (SSSR count). The molecule has 27 heavy (non-hydrogen) atoms. The van der Waals surface area contributed by atoms with Crippen LogP contribution in [-0.2, 0) is 20.7 Å². The molecule has 0 atom stereocenters. The lowest BCUT2D eigenvalue weighted by atomic mass is 10.1. The zero-order valence-corrected chi connectivity index (χ0v) is 15.5. The van der Waals surface area contributed by atoms with E-state index < -0.39 is 5.97 Å². The zero-order valence-electron chi connectivity index (χ0n) is 14.7. The van der Waals surface area contributed by atoms with Crippen LogP contribution in [0, 0.1) is 5.82 Å². The molecule has 0 N–H and O–H groups in total. The van der Waals surface area contributed by atoms with Gasteiger partial charge in [0.1, 0.15) is 5.82 Å². The summed E-state index contributed by atoms with van der Waals surface area (Å²) in [7, 11) is 0. The number of esters is 1. The number of amides is 1. The van der Waals surface area contributed by atoms with Gasteiger partial charge in [0.05, 0.1) is 12.1 Å². The van der Waals surface area contributed by atoms with Crippen LogP contribution in [-0.4, -0.2) is 49.6 Å². The Balaban J connectivity index is 1.43. The minimum absolute atomic E-state index is 0.0888. The number of para-hydroxylation sites is 1. The van der Waals surface area contributed by atoms with Crippen LogP contribution in [0.4, 0.5) is 10.1 Å². The molecule has 5 nitrogen and oxygen atoms in total. The normalized spacial score (nSPS) is 14.1. The SMILES string of the molecule is O=C(Cc1ccc(Cl)cc1)OCC(=O)N1CCN(c2ccccc2F)CC1.